The van der Waals surface area contributed by atoms with Crippen LogP contribution in [-0.2, 0) is 23.9 Å². The summed E-state index contributed by atoms with van der Waals surface area (Å²) in [6.45, 7) is 10.3. The van der Waals surface area contributed by atoms with Crippen LogP contribution in [0.1, 0.15) is 40.5 Å². The van der Waals surface area contributed by atoms with Crippen molar-refractivity contribution in [3.05, 3.63) is 24.3 Å². The molecule has 0 bridgehead atoms. The van der Waals surface area contributed by atoms with Gasteiger partial charge in [0.1, 0.15) is 6.10 Å². The van der Waals surface area contributed by atoms with Gasteiger partial charge < -0.3 is 19.7 Å². The van der Waals surface area contributed by atoms with Crippen LogP contribution in [0.5, 0.6) is 0 Å². The highest BCUT2D eigenvalue weighted by Crippen LogP contribution is 2.45. The quantitative estimate of drug-likeness (QED) is 0.547. The van der Waals surface area contributed by atoms with E-state index < -0.39 is 59.4 Å². The number of hydrogen-bond donors (Lipinski definition) is 2. The third-order valence-corrected chi connectivity index (χ3v) is 5.82. The first-order chi connectivity index (χ1) is 12.6. The molecule has 0 spiro atoms. The van der Waals surface area contributed by atoms with Gasteiger partial charge in [0.25, 0.3) is 0 Å². The van der Waals surface area contributed by atoms with Crippen molar-refractivity contribution in [3.63, 3.8) is 0 Å². The van der Waals surface area contributed by atoms with Crippen LogP contribution in [0, 0.1) is 17.8 Å². The Morgan fingerprint density at radius 1 is 1.48 bits per heavy atom. The van der Waals surface area contributed by atoms with Crippen LogP contribution in [0.2, 0.25) is 0 Å². The molecule has 0 radical (unpaired) electrons. The summed E-state index contributed by atoms with van der Waals surface area (Å²) >= 11 is 0. The smallest absolute Gasteiger partial charge is 0.334 e. The van der Waals surface area contributed by atoms with Crippen molar-refractivity contribution in [2.24, 2.45) is 17.8 Å². The summed E-state index contributed by atoms with van der Waals surface area (Å²) in [7, 11) is 0. The first kappa shape index (κ1) is 21.3. The second-order valence-corrected chi connectivity index (χ2v) is 7.45. The Hall–Kier alpha value is -1.99. The maximum atomic E-state index is 12.8. The van der Waals surface area contributed by atoms with Gasteiger partial charge in [-0.2, -0.15) is 0 Å². The highest BCUT2D eigenvalue weighted by Gasteiger charge is 2.62. The molecule has 0 amide bonds. The lowest BCUT2D eigenvalue weighted by Gasteiger charge is -2.39. The summed E-state index contributed by atoms with van der Waals surface area (Å²) < 4.78 is 10.9. The molecule has 7 nitrogen and oxygen atoms in total. The van der Waals surface area contributed by atoms with Gasteiger partial charge in [0, 0.05) is 17.4 Å². The van der Waals surface area contributed by atoms with Gasteiger partial charge in [-0.1, -0.05) is 33.4 Å². The lowest BCUT2D eigenvalue weighted by Crippen LogP contribution is -2.61. The van der Waals surface area contributed by atoms with Crippen molar-refractivity contribution in [1.82, 2.24) is 0 Å². The molecule has 1 aliphatic heterocycles. The minimum absolute atomic E-state index is 0.0687. The largest absolute Gasteiger partial charge is 0.455 e. The first-order valence-corrected chi connectivity index (χ1v) is 9.27. The maximum Gasteiger partial charge on any atom is 0.334 e. The van der Waals surface area contributed by atoms with Crippen molar-refractivity contribution < 1.29 is 34.1 Å². The zero-order valence-corrected chi connectivity index (χ0v) is 16.2. The Labute approximate surface area is 159 Å². The van der Waals surface area contributed by atoms with Crippen molar-refractivity contribution in [1.29, 1.82) is 0 Å². The van der Waals surface area contributed by atoms with Gasteiger partial charge in [-0.3, -0.25) is 9.59 Å². The molecule has 0 aromatic rings. The van der Waals surface area contributed by atoms with Gasteiger partial charge >= 0.3 is 11.9 Å². The Morgan fingerprint density at radius 3 is 2.67 bits per heavy atom. The Morgan fingerprint density at radius 2 is 2.11 bits per heavy atom. The summed E-state index contributed by atoms with van der Waals surface area (Å²) in [5, 5.41) is 22.0. The SMILES string of the molecule is C=C1C(=O)O[C@@H]2[C@H]1C[C@@H](O)[C@H](C)C(O)(C(=O)/C=C/C)[C@H]2OC(=O)C(C)CC. The van der Waals surface area contributed by atoms with Crippen molar-refractivity contribution in [2.75, 3.05) is 0 Å². The Kier molecular flexibility index (Phi) is 6.27. The number of fused-ring (bicyclic) bond motifs is 1. The molecule has 27 heavy (non-hydrogen) atoms. The van der Waals surface area contributed by atoms with E-state index >= 15 is 0 Å². The van der Waals surface area contributed by atoms with E-state index in [-0.39, 0.29) is 12.0 Å². The molecule has 2 rings (SSSR count). The van der Waals surface area contributed by atoms with Crippen LogP contribution in [0.4, 0.5) is 0 Å². The van der Waals surface area contributed by atoms with Crippen LogP contribution < -0.4 is 0 Å². The molecule has 7 heteroatoms. The van der Waals surface area contributed by atoms with E-state index in [4.69, 9.17) is 9.47 Å². The van der Waals surface area contributed by atoms with E-state index in [1.165, 1.54) is 19.1 Å². The number of carbonyl (C=O) groups is 3. The molecular formula is C20H28O7. The predicted molar refractivity (Wildman–Crippen MR) is 96.4 cm³/mol. The monoisotopic (exact) mass is 380 g/mol. The zero-order chi connectivity index (χ0) is 20.5. The highest BCUT2D eigenvalue weighted by molar-refractivity contribution is 5.98. The van der Waals surface area contributed by atoms with Crippen LogP contribution in [0.25, 0.3) is 0 Å². The second-order valence-electron chi connectivity index (χ2n) is 7.45. The van der Waals surface area contributed by atoms with Gasteiger partial charge in [0.05, 0.1) is 12.0 Å². The van der Waals surface area contributed by atoms with Gasteiger partial charge in [0.15, 0.2) is 17.5 Å². The molecule has 1 aliphatic carbocycles. The molecular weight excluding hydrogens is 352 g/mol. The van der Waals surface area contributed by atoms with Gasteiger partial charge in [-0.05, 0) is 25.8 Å². The summed E-state index contributed by atoms with van der Waals surface area (Å²) in [4.78, 5) is 37.3. The topological polar surface area (TPSA) is 110 Å². The number of ether oxygens (including phenoxy) is 2. The third kappa shape index (κ3) is 3.58. The molecule has 1 heterocycles. The fourth-order valence-corrected chi connectivity index (χ4v) is 3.66. The van der Waals surface area contributed by atoms with Crippen molar-refractivity contribution in [3.8, 4) is 0 Å². The molecule has 1 saturated heterocycles. The Bertz CT molecular complexity index is 667. The summed E-state index contributed by atoms with van der Waals surface area (Å²) in [6, 6.07) is 0. The molecule has 2 N–H and O–H groups in total. The van der Waals surface area contributed by atoms with Gasteiger partial charge in [0.2, 0.25) is 0 Å². The van der Waals surface area contributed by atoms with E-state index in [0.29, 0.717) is 6.42 Å². The lowest BCUT2D eigenvalue weighted by atomic mass is 9.77. The van der Waals surface area contributed by atoms with Gasteiger partial charge in [-0.25, -0.2) is 4.79 Å². The molecule has 0 aromatic carbocycles. The van der Waals surface area contributed by atoms with Crippen LogP contribution in [-0.4, -0.2) is 51.8 Å². The fraction of sp³-hybridized carbons (Fsp3) is 0.650. The zero-order valence-electron chi connectivity index (χ0n) is 16.2. The van der Waals surface area contributed by atoms with E-state index in [1.807, 2.05) is 6.92 Å². The van der Waals surface area contributed by atoms with E-state index in [0.717, 1.165) is 0 Å². The normalized spacial score (nSPS) is 37.5. The molecule has 1 saturated carbocycles. The summed E-state index contributed by atoms with van der Waals surface area (Å²) in [6.07, 6.45) is -0.450. The number of esters is 2. The van der Waals surface area contributed by atoms with Crippen LogP contribution in [0.15, 0.2) is 24.3 Å². The molecule has 2 fully saturated rings. The minimum atomic E-state index is -2.24. The van der Waals surface area contributed by atoms with Crippen LogP contribution in [0.3, 0.4) is 0 Å². The average Bonchev–Trinajstić information content (AvgIpc) is 2.87. The third-order valence-electron chi connectivity index (χ3n) is 5.82. The van der Waals surface area contributed by atoms with Gasteiger partial charge in [-0.15, -0.1) is 0 Å². The highest BCUT2D eigenvalue weighted by atomic mass is 16.6. The summed E-state index contributed by atoms with van der Waals surface area (Å²) in [5.41, 5.74) is -2.10. The minimum Gasteiger partial charge on any atom is -0.455 e. The molecule has 2 unspecified atom stereocenters. The average molecular weight is 380 g/mol. The van der Waals surface area contributed by atoms with E-state index in [9.17, 15) is 24.6 Å². The fourth-order valence-electron chi connectivity index (χ4n) is 3.66. The molecule has 150 valence electrons. The van der Waals surface area contributed by atoms with Crippen molar-refractivity contribution in [2.45, 2.75) is 64.4 Å². The standard InChI is InChI=1S/C20H28O7/c1-6-8-15(22)20(25)12(5)14(21)9-13-11(4)19(24)26-16(13)17(20)27-18(23)10(3)7-2/h6,8,10,12-14,16-17,21,25H,4,7,9H2,1-3,5H3/b8-6+/t10?,12-,13-,14+,16+,17-,20?/m0/s1. The number of carbonyl (C=O) groups excluding carboxylic acids is 3. The lowest BCUT2D eigenvalue weighted by molar-refractivity contribution is -0.200. The molecule has 2 aliphatic rings. The number of aliphatic hydroxyl groups excluding tert-OH is 1. The number of aliphatic hydroxyl groups is 2. The van der Waals surface area contributed by atoms with Crippen molar-refractivity contribution >= 4 is 17.7 Å². The molecule has 0 aromatic heterocycles. The predicted octanol–water partition coefficient (Wildman–Crippen LogP) is 1.32. The first-order valence-electron chi connectivity index (χ1n) is 9.27. The number of hydrogen-bond acceptors (Lipinski definition) is 7. The maximum absolute atomic E-state index is 12.8. The number of rotatable bonds is 5. The second kappa shape index (κ2) is 7.94. The van der Waals surface area contributed by atoms with E-state index in [2.05, 4.69) is 6.58 Å². The number of allylic oxidation sites excluding steroid dienone is 1. The van der Waals surface area contributed by atoms with Crippen LogP contribution >= 0.6 is 0 Å². The van der Waals surface area contributed by atoms with E-state index in [1.54, 1.807) is 13.8 Å². The molecule has 7 atom stereocenters. The Balaban J connectivity index is 2.58. The number of ketones is 1. The summed E-state index contributed by atoms with van der Waals surface area (Å²) in [5.74, 6) is -4.08.